The van der Waals surface area contributed by atoms with Gasteiger partial charge in [0.1, 0.15) is 11.6 Å². The third kappa shape index (κ3) is 2.66. The van der Waals surface area contributed by atoms with E-state index in [1.807, 2.05) is 25.1 Å². The molecular weight excluding hydrogens is 254 g/mol. The van der Waals surface area contributed by atoms with Crippen molar-refractivity contribution in [3.8, 4) is 0 Å². The first-order valence-corrected chi connectivity index (χ1v) is 6.80. The van der Waals surface area contributed by atoms with E-state index in [1.54, 1.807) is 12.3 Å². The molecule has 3 rings (SSSR count). The van der Waals surface area contributed by atoms with E-state index in [4.69, 9.17) is 4.42 Å². The molecule has 0 fully saturated rings. The minimum absolute atomic E-state index is 0.0160. The molecule has 1 aliphatic carbocycles. The lowest BCUT2D eigenvalue weighted by atomic mass is 9.93. The first kappa shape index (κ1) is 12.7. The number of amides is 2. The van der Waals surface area contributed by atoms with Gasteiger partial charge >= 0.3 is 6.03 Å². The molecule has 104 valence electrons. The van der Waals surface area contributed by atoms with Gasteiger partial charge in [-0.25, -0.2) is 9.78 Å². The summed E-state index contributed by atoms with van der Waals surface area (Å²) in [7, 11) is 0. The minimum Gasteiger partial charge on any atom is -0.469 e. The van der Waals surface area contributed by atoms with Crippen LogP contribution in [0.1, 0.15) is 35.9 Å². The van der Waals surface area contributed by atoms with Crippen molar-refractivity contribution in [2.75, 3.05) is 5.32 Å². The molecular formula is C15H17N3O2. The molecule has 2 amide bonds. The Labute approximate surface area is 117 Å². The number of aryl methyl sites for hydroxylation is 2. The van der Waals surface area contributed by atoms with Crippen LogP contribution in [0.15, 0.2) is 34.9 Å². The van der Waals surface area contributed by atoms with Gasteiger partial charge in [0.15, 0.2) is 0 Å². The number of fused-ring (bicyclic) bond motifs is 1. The number of hydrogen-bond acceptors (Lipinski definition) is 3. The van der Waals surface area contributed by atoms with Crippen LogP contribution in [0.5, 0.6) is 0 Å². The molecule has 0 aliphatic heterocycles. The predicted molar refractivity (Wildman–Crippen MR) is 75.5 cm³/mol. The highest BCUT2D eigenvalue weighted by Crippen LogP contribution is 2.30. The monoisotopic (exact) mass is 271 g/mol. The summed E-state index contributed by atoms with van der Waals surface area (Å²) < 4.78 is 5.42. The maximum absolute atomic E-state index is 12.0. The Balaban J connectivity index is 1.66. The Morgan fingerprint density at radius 2 is 2.30 bits per heavy atom. The molecule has 0 saturated heterocycles. The number of carbonyl (C=O) groups excluding carboxylic acids is 1. The number of pyridine rings is 1. The highest BCUT2D eigenvalue weighted by molar-refractivity contribution is 5.88. The first-order chi connectivity index (χ1) is 9.72. The molecule has 5 heteroatoms. The van der Waals surface area contributed by atoms with Crippen LogP contribution in [0.3, 0.4) is 0 Å². The molecule has 0 radical (unpaired) electrons. The summed E-state index contributed by atoms with van der Waals surface area (Å²) in [6, 6.07) is 7.25. The van der Waals surface area contributed by atoms with E-state index in [1.165, 1.54) is 0 Å². The van der Waals surface area contributed by atoms with Crippen molar-refractivity contribution in [1.82, 2.24) is 10.3 Å². The number of nitrogens with zero attached hydrogens (tertiary/aromatic N) is 1. The molecule has 0 aromatic carbocycles. The van der Waals surface area contributed by atoms with Crippen LogP contribution < -0.4 is 10.6 Å². The summed E-state index contributed by atoms with van der Waals surface area (Å²) in [4.78, 5) is 16.3. The maximum atomic E-state index is 12.0. The average Bonchev–Trinajstić information content (AvgIpc) is 2.88. The zero-order valence-corrected chi connectivity index (χ0v) is 11.3. The third-order valence-electron chi connectivity index (χ3n) is 3.49. The molecule has 2 aromatic heterocycles. The Kier molecular flexibility index (Phi) is 3.41. The summed E-state index contributed by atoms with van der Waals surface area (Å²) in [6.07, 6.45) is 4.58. The standard InChI is InChI=1S/C15H17N3O2/c1-10-4-2-7-14(16-10)18-15(19)17-12-5-3-6-13-11(12)8-9-20-13/h2,4,7-9,12H,3,5-6H2,1H3,(H2,16,17,18,19). The number of aromatic nitrogens is 1. The van der Waals surface area contributed by atoms with Gasteiger partial charge in [0.05, 0.1) is 12.3 Å². The van der Waals surface area contributed by atoms with Crippen LogP contribution >= 0.6 is 0 Å². The molecule has 0 spiro atoms. The molecule has 2 N–H and O–H groups in total. The van der Waals surface area contributed by atoms with E-state index < -0.39 is 0 Å². The molecule has 1 unspecified atom stereocenters. The second kappa shape index (κ2) is 5.36. The number of rotatable bonds is 2. The number of furan rings is 1. The Hall–Kier alpha value is -2.30. The Bertz CT molecular complexity index is 621. The number of urea groups is 1. The van der Waals surface area contributed by atoms with Crippen LogP contribution in [-0.2, 0) is 6.42 Å². The highest BCUT2D eigenvalue weighted by atomic mass is 16.3. The highest BCUT2D eigenvalue weighted by Gasteiger charge is 2.23. The fourth-order valence-corrected chi connectivity index (χ4v) is 2.56. The van der Waals surface area contributed by atoms with Gasteiger partial charge < -0.3 is 9.73 Å². The summed E-state index contributed by atoms with van der Waals surface area (Å²) in [5.74, 6) is 1.54. The van der Waals surface area contributed by atoms with Gasteiger partial charge in [0.2, 0.25) is 0 Å². The molecule has 2 heterocycles. The van der Waals surface area contributed by atoms with E-state index >= 15 is 0 Å². The molecule has 2 aromatic rings. The SMILES string of the molecule is Cc1cccc(NC(=O)NC2CCCc3occc32)n1. The topological polar surface area (TPSA) is 67.2 Å². The van der Waals surface area contributed by atoms with Gasteiger partial charge in [0, 0.05) is 17.7 Å². The maximum Gasteiger partial charge on any atom is 0.320 e. The molecule has 20 heavy (non-hydrogen) atoms. The summed E-state index contributed by atoms with van der Waals surface area (Å²) in [6.45, 7) is 1.89. The van der Waals surface area contributed by atoms with Crippen molar-refractivity contribution in [2.45, 2.75) is 32.2 Å². The second-order valence-corrected chi connectivity index (χ2v) is 5.01. The van der Waals surface area contributed by atoms with Gasteiger partial charge in [-0.15, -0.1) is 0 Å². The minimum atomic E-state index is -0.234. The summed E-state index contributed by atoms with van der Waals surface area (Å²) in [5, 5.41) is 5.74. The quantitative estimate of drug-likeness (QED) is 0.881. The molecule has 5 nitrogen and oxygen atoms in total. The average molecular weight is 271 g/mol. The van der Waals surface area contributed by atoms with E-state index in [0.29, 0.717) is 5.82 Å². The molecule has 1 atom stereocenters. The van der Waals surface area contributed by atoms with Crippen LogP contribution in [0, 0.1) is 6.92 Å². The lowest BCUT2D eigenvalue weighted by Gasteiger charge is -2.22. The molecule has 1 aliphatic rings. The molecule has 0 saturated carbocycles. The van der Waals surface area contributed by atoms with Crippen molar-refractivity contribution in [3.05, 3.63) is 47.5 Å². The predicted octanol–water partition coefficient (Wildman–Crippen LogP) is 3.18. The van der Waals surface area contributed by atoms with Crippen LogP contribution in [0.2, 0.25) is 0 Å². The van der Waals surface area contributed by atoms with Crippen molar-refractivity contribution in [3.63, 3.8) is 0 Å². The van der Waals surface area contributed by atoms with Crippen molar-refractivity contribution in [1.29, 1.82) is 0 Å². The first-order valence-electron chi connectivity index (χ1n) is 6.80. The van der Waals surface area contributed by atoms with Gasteiger partial charge in [-0.2, -0.15) is 0 Å². The summed E-state index contributed by atoms with van der Waals surface area (Å²) >= 11 is 0. The third-order valence-corrected chi connectivity index (χ3v) is 3.49. The van der Waals surface area contributed by atoms with E-state index in [9.17, 15) is 4.79 Å². The van der Waals surface area contributed by atoms with Gasteiger partial charge in [-0.1, -0.05) is 6.07 Å². The Morgan fingerprint density at radius 3 is 3.15 bits per heavy atom. The fraction of sp³-hybridized carbons (Fsp3) is 0.333. The number of carbonyl (C=O) groups is 1. The van der Waals surface area contributed by atoms with Crippen molar-refractivity contribution >= 4 is 11.8 Å². The van der Waals surface area contributed by atoms with Crippen LogP contribution in [-0.4, -0.2) is 11.0 Å². The zero-order chi connectivity index (χ0) is 13.9. The van der Waals surface area contributed by atoms with Crippen LogP contribution in [0.4, 0.5) is 10.6 Å². The lowest BCUT2D eigenvalue weighted by Crippen LogP contribution is -2.34. The van der Waals surface area contributed by atoms with Crippen molar-refractivity contribution < 1.29 is 9.21 Å². The fourth-order valence-electron chi connectivity index (χ4n) is 2.56. The lowest BCUT2D eigenvalue weighted by molar-refractivity contribution is 0.246. The smallest absolute Gasteiger partial charge is 0.320 e. The van der Waals surface area contributed by atoms with Crippen LogP contribution in [0.25, 0.3) is 0 Å². The van der Waals surface area contributed by atoms with E-state index in [-0.39, 0.29) is 12.1 Å². The van der Waals surface area contributed by atoms with Gasteiger partial charge in [-0.05, 0) is 38.0 Å². The molecule has 0 bridgehead atoms. The Morgan fingerprint density at radius 1 is 1.40 bits per heavy atom. The van der Waals surface area contributed by atoms with Gasteiger partial charge in [0.25, 0.3) is 0 Å². The van der Waals surface area contributed by atoms with E-state index in [0.717, 1.165) is 36.3 Å². The zero-order valence-electron chi connectivity index (χ0n) is 11.3. The second-order valence-electron chi connectivity index (χ2n) is 5.01. The summed E-state index contributed by atoms with van der Waals surface area (Å²) in [5.41, 5.74) is 1.96. The number of nitrogens with one attached hydrogen (secondary N) is 2. The normalized spacial score (nSPS) is 17.4. The number of hydrogen-bond donors (Lipinski definition) is 2. The number of anilines is 1. The largest absolute Gasteiger partial charge is 0.469 e. The van der Waals surface area contributed by atoms with Crippen molar-refractivity contribution in [2.24, 2.45) is 0 Å². The van der Waals surface area contributed by atoms with E-state index in [2.05, 4.69) is 15.6 Å². The van der Waals surface area contributed by atoms with Gasteiger partial charge in [-0.3, -0.25) is 5.32 Å².